The Kier molecular flexibility index (Phi) is 4.36. The SMILES string of the molecule is CCOc1nc(N)nc(N(C)CC2CCCN2C)n1. The third kappa shape index (κ3) is 3.44. The summed E-state index contributed by atoms with van der Waals surface area (Å²) in [4.78, 5) is 16.8. The molecule has 0 radical (unpaired) electrons. The quantitative estimate of drug-likeness (QED) is 0.825. The van der Waals surface area contributed by atoms with Crippen LogP contribution in [0.3, 0.4) is 0 Å². The summed E-state index contributed by atoms with van der Waals surface area (Å²) < 4.78 is 5.29. The molecule has 0 aromatic carbocycles. The fourth-order valence-corrected chi connectivity index (χ4v) is 2.33. The summed E-state index contributed by atoms with van der Waals surface area (Å²) in [7, 11) is 4.12. The van der Waals surface area contributed by atoms with E-state index in [1.165, 1.54) is 12.8 Å². The minimum Gasteiger partial charge on any atom is -0.464 e. The number of nitrogen functional groups attached to an aromatic ring is 1. The second-order valence-corrected chi connectivity index (χ2v) is 4.87. The van der Waals surface area contributed by atoms with Gasteiger partial charge < -0.3 is 20.3 Å². The average Bonchev–Trinajstić information content (AvgIpc) is 2.75. The van der Waals surface area contributed by atoms with E-state index in [1.54, 1.807) is 0 Å². The molecule has 106 valence electrons. The molecule has 1 aromatic heterocycles. The van der Waals surface area contributed by atoms with Crippen molar-refractivity contribution in [3.63, 3.8) is 0 Å². The van der Waals surface area contributed by atoms with Crippen molar-refractivity contribution in [3.05, 3.63) is 0 Å². The molecule has 7 heteroatoms. The smallest absolute Gasteiger partial charge is 0.323 e. The number of hydrogen-bond donors (Lipinski definition) is 1. The van der Waals surface area contributed by atoms with Gasteiger partial charge in [0.05, 0.1) is 6.61 Å². The molecule has 1 aliphatic rings. The minimum absolute atomic E-state index is 0.195. The molecule has 2 heterocycles. The Hall–Kier alpha value is -1.63. The first-order valence-electron chi connectivity index (χ1n) is 6.66. The molecule has 19 heavy (non-hydrogen) atoms. The molecule has 0 saturated carbocycles. The molecular weight excluding hydrogens is 244 g/mol. The zero-order valence-corrected chi connectivity index (χ0v) is 11.8. The molecule has 0 aliphatic carbocycles. The van der Waals surface area contributed by atoms with Crippen LogP contribution in [0.4, 0.5) is 11.9 Å². The van der Waals surface area contributed by atoms with Gasteiger partial charge in [0.25, 0.3) is 0 Å². The van der Waals surface area contributed by atoms with Crippen LogP contribution in [0.5, 0.6) is 6.01 Å². The lowest BCUT2D eigenvalue weighted by Gasteiger charge is -2.25. The molecule has 1 unspecified atom stereocenters. The van der Waals surface area contributed by atoms with Crippen molar-refractivity contribution in [2.24, 2.45) is 0 Å². The number of ether oxygens (including phenoxy) is 1. The standard InChI is InChI=1S/C12H22N6O/c1-4-19-12-15-10(13)14-11(16-12)18(3)8-9-6-5-7-17(9)2/h9H,4-8H2,1-3H3,(H2,13,14,15,16). The van der Waals surface area contributed by atoms with Gasteiger partial charge in [-0.15, -0.1) is 0 Å². The van der Waals surface area contributed by atoms with Crippen LogP contribution < -0.4 is 15.4 Å². The number of anilines is 2. The zero-order valence-electron chi connectivity index (χ0n) is 11.8. The predicted molar refractivity (Wildman–Crippen MR) is 74.3 cm³/mol. The summed E-state index contributed by atoms with van der Waals surface area (Å²) in [5, 5.41) is 0. The first kappa shape index (κ1) is 13.8. The van der Waals surface area contributed by atoms with Crippen molar-refractivity contribution < 1.29 is 4.74 Å². The molecule has 1 saturated heterocycles. The Bertz CT molecular complexity index is 427. The molecule has 0 bridgehead atoms. The van der Waals surface area contributed by atoms with E-state index in [1.807, 2.05) is 18.9 Å². The molecule has 0 spiro atoms. The summed E-state index contributed by atoms with van der Waals surface area (Å²) in [6, 6.07) is 0.829. The maximum absolute atomic E-state index is 5.68. The van der Waals surface area contributed by atoms with E-state index in [-0.39, 0.29) is 12.0 Å². The van der Waals surface area contributed by atoms with Crippen LogP contribution in [-0.2, 0) is 0 Å². The first-order chi connectivity index (χ1) is 9.10. The maximum atomic E-state index is 5.68. The fraction of sp³-hybridized carbons (Fsp3) is 0.750. The Balaban J connectivity index is 2.07. The van der Waals surface area contributed by atoms with E-state index in [9.17, 15) is 0 Å². The number of hydrogen-bond acceptors (Lipinski definition) is 7. The van der Waals surface area contributed by atoms with Crippen LogP contribution in [0, 0.1) is 0 Å². The van der Waals surface area contributed by atoms with Crippen LogP contribution >= 0.6 is 0 Å². The Morgan fingerprint density at radius 2 is 2.21 bits per heavy atom. The summed E-state index contributed by atoms with van der Waals surface area (Å²) in [6.45, 7) is 4.43. The third-order valence-corrected chi connectivity index (χ3v) is 3.39. The van der Waals surface area contributed by atoms with Crippen molar-refractivity contribution in [3.8, 4) is 6.01 Å². The van der Waals surface area contributed by atoms with Gasteiger partial charge in [-0.2, -0.15) is 15.0 Å². The monoisotopic (exact) mass is 266 g/mol. The van der Waals surface area contributed by atoms with E-state index >= 15 is 0 Å². The second kappa shape index (κ2) is 6.01. The largest absolute Gasteiger partial charge is 0.464 e. The highest BCUT2D eigenvalue weighted by Gasteiger charge is 2.23. The van der Waals surface area contributed by atoms with Crippen molar-refractivity contribution in [1.82, 2.24) is 19.9 Å². The highest BCUT2D eigenvalue weighted by Crippen LogP contribution is 2.18. The zero-order chi connectivity index (χ0) is 13.8. The van der Waals surface area contributed by atoms with Gasteiger partial charge in [-0.25, -0.2) is 0 Å². The van der Waals surface area contributed by atoms with E-state index in [2.05, 4.69) is 26.9 Å². The Morgan fingerprint density at radius 3 is 2.84 bits per heavy atom. The first-order valence-corrected chi connectivity index (χ1v) is 6.66. The van der Waals surface area contributed by atoms with Gasteiger partial charge in [-0.1, -0.05) is 0 Å². The minimum atomic E-state index is 0.195. The molecule has 2 rings (SSSR count). The van der Waals surface area contributed by atoms with E-state index in [0.717, 1.165) is 13.1 Å². The number of nitrogens with two attached hydrogens (primary N) is 1. The molecular formula is C12H22N6O. The fourth-order valence-electron chi connectivity index (χ4n) is 2.33. The van der Waals surface area contributed by atoms with Crippen LogP contribution in [0.25, 0.3) is 0 Å². The number of likely N-dealkylation sites (N-methyl/N-ethyl adjacent to an activating group) is 2. The third-order valence-electron chi connectivity index (χ3n) is 3.39. The lowest BCUT2D eigenvalue weighted by Crippen LogP contribution is -2.37. The van der Waals surface area contributed by atoms with E-state index in [4.69, 9.17) is 10.5 Å². The highest BCUT2D eigenvalue weighted by molar-refractivity contribution is 5.35. The van der Waals surface area contributed by atoms with Gasteiger partial charge in [0.15, 0.2) is 0 Å². The van der Waals surface area contributed by atoms with E-state index in [0.29, 0.717) is 18.6 Å². The average molecular weight is 266 g/mol. The number of nitrogens with zero attached hydrogens (tertiary/aromatic N) is 5. The topological polar surface area (TPSA) is 80.4 Å². The van der Waals surface area contributed by atoms with Gasteiger partial charge >= 0.3 is 6.01 Å². The van der Waals surface area contributed by atoms with Crippen LogP contribution in [0.15, 0.2) is 0 Å². The molecule has 1 aromatic rings. The Morgan fingerprint density at radius 1 is 1.42 bits per heavy atom. The lowest BCUT2D eigenvalue weighted by molar-refractivity contribution is 0.307. The maximum Gasteiger partial charge on any atom is 0.323 e. The van der Waals surface area contributed by atoms with Crippen LogP contribution in [-0.4, -0.2) is 59.7 Å². The molecule has 0 amide bonds. The molecule has 1 fully saturated rings. The van der Waals surface area contributed by atoms with E-state index < -0.39 is 0 Å². The lowest BCUT2D eigenvalue weighted by atomic mass is 10.2. The van der Waals surface area contributed by atoms with Crippen molar-refractivity contribution in [2.75, 3.05) is 44.4 Å². The number of aromatic nitrogens is 3. The molecule has 7 nitrogen and oxygen atoms in total. The predicted octanol–water partition coefficient (Wildman–Crippen LogP) is 0.383. The van der Waals surface area contributed by atoms with Crippen molar-refractivity contribution in [2.45, 2.75) is 25.8 Å². The van der Waals surface area contributed by atoms with Crippen molar-refractivity contribution >= 4 is 11.9 Å². The Labute approximate surface area is 113 Å². The van der Waals surface area contributed by atoms with Gasteiger partial charge in [-0.05, 0) is 33.4 Å². The van der Waals surface area contributed by atoms with Crippen LogP contribution in [0.1, 0.15) is 19.8 Å². The number of likely N-dealkylation sites (tertiary alicyclic amines) is 1. The highest BCUT2D eigenvalue weighted by atomic mass is 16.5. The second-order valence-electron chi connectivity index (χ2n) is 4.87. The summed E-state index contributed by atoms with van der Waals surface area (Å²) in [5.74, 6) is 0.760. The summed E-state index contributed by atoms with van der Waals surface area (Å²) in [6.07, 6.45) is 2.46. The molecule has 1 aliphatic heterocycles. The van der Waals surface area contributed by atoms with Crippen LogP contribution in [0.2, 0.25) is 0 Å². The molecule has 1 atom stereocenters. The number of rotatable bonds is 5. The van der Waals surface area contributed by atoms with Gasteiger partial charge in [0.2, 0.25) is 11.9 Å². The van der Waals surface area contributed by atoms with Gasteiger partial charge in [0.1, 0.15) is 0 Å². The normalized spacial score (nSPS) is 19.6. The van der Waals surface area contributed by atoms with Crippen molar-refractivity contribution in [1.29, 1.82) is 0 Å². The molecule has 2 N–H and O–H groups in total. The summed E-state index contributed by atoms with van der Waals surface area (Å²) >= 11 is 0. The van der Waals surface area contributed by atoms with Gasteiger partial charge in [-0.3, -0.25) is 0 Å². The summed E-state index contributed by atoms with van der Waals surface area (Å²) in [5.41, 5.74) is 5.68. The van der Waals surface area contributed by atoms with Gasteiger partial charge in [0, 0.05) is 19.6 Å².